The summed E-state index contributed by atoms with van der Waals surface area (Å²) in [5.41, 5.74) is 2.51. The largest absolute Gasteiger partial charge is 0.433 e. The molecule has 1 aromatic heterocycles. The molecule has 0 aliphatic carbocycles. The molecule has 1 aromatic rings. The van der Waals surface area contributed by atoms with Gasteiger partial charge in [-0.3, -0.25) is 10.1 Å². The van der Waals surface area contributed by atoms with Crippen LogP contribution in [0.5, 0.6) is 0 Å². The van der Waals surface area contributed by atoms with Gasteiger partial charge in [-0.2, -0.15) is 0 Å². The van der Waals surface area contributed by atoms with Crippen LogP contribution >= 0.6 is 12.2 Å². The predicted octanol–water partition coefficient (Wildman–Crippen LogP) is 1.27. The van der Waals surface area contributed by atoms with Gasteiger partial charge in [0.25, 0.3) is 0 Å². The molecule has 1 heterocycles. The average Bonchev–Trinajstić information content (AvgIpc) is 2.73. The average molecular weight is 254 g/mol. The monoisotopic (exact) mass is 254 g/mol. The van der Waals surface area contributed by atoms with Gasteiger partial charge in [0.05, 0.1) is 6.07 Å². The molecule has 0 radical (unpaired) electrons. The van der Waals surface area contributed by atoms with Crippen molar-refractivity contribution >= 4 is 35.2 Å². The number of hydrazone groups is 1. The van der Waals surface area contributed by atoms with Gasteiger partial charge in [0.15, 0.2) is 5.11 Å². The molecular weight excluding hydrogens is 244 g/mol. The van der Waals surface area contributed by atoms with Crippen molar-refractivity contribution in [3.8, 4) is 0 Å². The molecule has 0 fully saturated rings. The predicted molar refractivity (Wildman–Crippen MR) is 66.7 cm³/mol. The van der Waals surface area contributed by atoms with Gasteiger partial charge in [0.1, 0.15) is 10.7 Å². The van der Waals surface area contributed by atoms with Crippen LogP contribution in [0, 0.1) is 10.1 Å². The van der Waals surface area contributed by atoms with Crippen molar-refractivity contribution in [2.45, 2.75) is 6.92 Å². The molecular formula is C9H10N4O3S. The third-order valence-corrected chi connectivity index (χ3v) is 1.79. The number of thiocarbonyl (C=S) groups is 1. The summed E-state index contributed by atoms with van der Waals surface area (Å²) in [4.78, 5) is 9.70. The molecule has 0 atom stereocenters. The van der Waals surface area contributed by atoms with Crippen LogP contribution in [0.25, 0.3) is 6.08 Å². The van der Waals surface area contributed by atoms with Crippen LogP contribution in [0.15, 0.2) is 21.7 Å². The third kappa shape index (κ3) is 4.45. The second-order valence-corrected chi connectivity index (χ2v) is 3.20. The van der Waals surface area contributed by atoms with Crippen molar-refractivity contribution in [2.24, 2.45) is 5.10 Å². The second-order valence-electron chi connectivity index (χ2n) is 2.79. The van der Waals surface area contributed by atoms with Crippen LogP contribution < -0.4 is 10.7 Å². The first kappa shape index (κ1) is 12.9. The van der Waals surface area contributed by atoms with Gasteiger partial charge in [-0.05, 0) is 25.2 Å². The Morgan fingerprint density at radius 3 is 3.12 bits per heavy atom. The Morgan fingerprint density at radius 1 is 1.76 bits per heavy atom. The van der Waals surface area contributed by atoms with Crippen LogP contribution in [-0.2, 0) is 0 Å². The number of nitrogens with one attached hydrogen (secondary N) is 2. The van der Waals surface area contributed by atoms with Gasteiger partial charge in [0, 0.05) is 18.5 Å². The quantitative estimate of drug-likeness (QED) is 0.364. The normalized spacial score (nSPS) is 9.00. The Morgan fingerprint density at radius 2 is 2.53 bits per heavy atom. The molecule has 8 heteroatoms. The molecule has 0 saturated carbocycles. The summed E-state index contributed by atoms with van der Waals surface area (Å²) >= 11 is 4.84. The van der Waals surface area contributed by atoms with E-state index in [9.17, 15) is 10.1 Å². The summed E-state index contributed by atoms with van der Waals surface area (Å²) in [6.45, 7) is 2.59. The molecule has 2 N–H and O–H groups in total. The van der Waals surface area contributed by atoms with Crippen molar-refractivity contribution in [2.75, 3.05) is 6.54 Å². The molecule has 0 unspecified atom stereocenters. The standard InChI is InChI=1S/C9H10N4O3S/c1-2-10-9(17)12-11-6-5-7-3-4-8(16-7)13(14)15/h3-5H,2H2,1H3,(H2,10,12,17). The Kier molecular flexibility index (Phi) is 4.86. The first-order chi connectivity index (χ1) is 8.13. The van der Waals surface area contributed by atoms with E-state index < -0.39 is 4.92 Å². The lowest BCUT2D eigenvalue weighted by Gasteiger charge is -2.00. The van der Waals surface area contributed by atoms with E-state index in [2.05, 4.69) is 21.7 Å². The summed E-state index contributed by atoms with van der Waals surface area (Å²) < 4.78 is 4.85. The van der Waals surface area contributed by atoms with E-state index in [1.165, 1.54) is 18.2 Å². The van der Waals surface area contributed by atoms with Gasteiger partial charge in [-0.15, -0.1) is 5.10 Å². The topological polar surface area (TPSA) is 92.7 Å². The lowest BCUT2D eigenvalue weighted by atomic mass is 10.4. The number of hydrogen-bond donors (Lipinski definition) is 2. The van der Waals surface area contributed by atoms with E-state index in [1.54, 1.807) is 0 Å². The number of nitrogens with zero attached hydrogens (tertiary/aromatic N) is 2. The molecule has 0 saturated heterocycles. The lowest BCUT2D eigenvalue weighted by molar-refractivity contribution is -0.402. The molecule has 0 spiro atoms. The minimum absolute atomic E-state index is 0.289. The van der Waals surface area contributed by atoms with Crippen molar-refractivity contribution < 1.29 is 9.34 Å². The molecule has 1 rings (SSSR count). The minimum Gasteiger partial charge on any atom is -0.401 e. The number of nitro groups is 1. The highest BCUT2D eigenvalue weighted by molar-refractivity contribution is 7.80. The van der Waals surface area contributed by atoms with E-state index in [-0.39, 0.29) is 11.6 Å². The second kappa shape index (κ2) is 6.41. The van der Waals surface area contributed by atoms with Crippen LogP contribution in [0.2, 0.25) is 0 Å². The first-order valence-electron chi connectivity index (χ1n) is 4.70. The maximum Gasteiger partial charge on any atom is 0.433 e. The molecule has 7 nitrogen and oxygen atoms in total. The van der Waals surface area contributed by atoms with Crippen molar-refractivity contribution in [3.05, 3.63) is 28.0 Å². The molecule has 0 aliphatic rings. The molecule has 0 bridgehead atoms. The van der Waals surface area contributed by atoms with E-state index in [4.69, 9.17) is 16.6 Å². The number of furan rings is 1. The summed E-state index contributed by atoms with van der Waals surface area (Å²) in [5, 5.41) is 17.2. The van der Waals surface area contributed by atoms with Crippen molar-refractivity contribution in [1.82, 2.24) is 10.7 Å². The Balaban J connectivity index is 2.55. The summed E-state index contributed by atoms with van der Waals surface area (Å²) in [5.74, 6) is 2.45. The Hall–Kier alpha value is -2.18. The van der Waals surface area contributed by atoms with Gasteiger partial charge < -0.3 is 9.73 Å². The zero-order valence-corrected chi connectivity index (χ0v) is 9.78. The van der Waals surface area contributed by atoms with Gasteiger partial charge >= 0.3 is 5.88 Å². The molecule has 0 amide bonds. The van der Waals surface area contributed by atoms with Gasteiger partial charge in [-0.25, -0.2) is 5.43 Å². The smallest absolute Gasteiger partial charge is 0.401 e. The Labute approximate surface area is 102 Å². The maximum atomic E-state index is 10.3. The maximum absolute atomic E-state index is 10.3. The van der Waals surface area contributed by atoms with Crippen LogP contribution in [0.1, 0.15) is 12.7 Å². The third-order valence-electron chi connectivity index (χ3n) is 1.56. The molecule has 17 heavy (non-hydrogen) atoms. The lowest BCUT2D eigenvalue weighted by Crippen LogP contribution is -2.31. The SMILES string of the molecule is CCNC(=S)NN=C=Cc1ccc([N+](=O)[O-])o1. The summed E-state index contributed by atoms with van der Waals surface area (Å²) in [6.07, 6.45) is 1.36. The first-order valence-corrected chi connectivity index (χ1v) is 5.11. The molecule has 90 valence electrons. The summed E-state index contributed by atoms with van der Waals surface area (Å²) in [6, 6.07) is 2.70. The van der Waals surface area contributed by atoms with Gasteiger partial charge in [0.2, 0.25) is 0 Å². The highest BCUT2D eigenvalue weighted by Gasteiger charge is 2.09. The zero-order valence-electron chi connectivity index (χ0n) is 8.97. The van der Waals surface area contributed by atoms with E-state index >= 15 is 0 Å². The highest BCUT2D eigenvalue weighted by Crippen LogP contribution is 2.15. The fourth-order valence-electron chi connectivity index (χ4n) is 0.897. The fourth-order valence-corrected chi connectivity index (χ4v) is 1.09. The van der Waals surface area contributed by atoms with Crippen LogP contribution in [0.4, 0.5) is 5.88 Å². The van der Waals surface area contributed by atoms with E-state index in [1.807, 2.05) is 6.92 Å². The highest BCUT2D eigenvalue weighted by atomic mass is 32.1. The van der Waals surface area contributed by atoms with Crippen LogP contribution in [-0.4, -0.2) is 22.5 Å². The Bertz CT molecular complexity index is 476. The number of hydrogen-bond acceptors (Lipinski definition) is 5. The van der Waals surface area contributed by atoms with Gasteiger partial charge in [-0.1, -0.05) is 0 Å². The fraction of sp³-hybridized carbons (Fsp3) is 0.222. The van der Waals surface area contributed by atoms with Crippen molar-refractivity contribution in [1.29, 1.82) is 0 Å². The van der Waals surface area contributed by atoms with E-state index in [0.717, 1.165) is 0 Å². The minimum atomic E-state index is -0.618. The van der Waals surface area contributed by atoms with Crippen molar-refractivity contribution in [3.63, 3.8) is 0 Å². The summed E-state index contributed by atoms with van der Waals surface area (Å²) in [7, 11) is 0. The van der Waals surface area contributed by atoms with E-state index in [0.29, 0.717) is 11.7 Å². The molecule has 0 aliphatic heterocycles. The number of rotatable bonds is 4. The zero-order chi connectivity index (χ0) is 12.7. The molecule has 0 aromatic carbocycles. The van der Waals surface area contributed by atoms with Crippen LogP contribution in [0.3, 0.4) is 0 Å².